The van der Waals surface area contributed by atoms with Gasteiger partial charge in [0.25, 0.3) is 5.56 Å². The summed E-state index contributed by atoms with van der Waals surface area (Å²) in [5, 5.41) is 9.14. The van der Waals surface area contributed by atoms with Gasteiger partial charge in [0.15, 0.2) is 5.82 Å². The molecule has 0 saturated heterocycles. The summed E-state index contributed by atoms with van der Waals surface area (Å²) in [6, 6.07) is -0.0338. The minimum absolute atomic E-state index is 0.265. The van der Waals surface area contributed by atoms with E-state index in [4.69, 9.17) is 5.11 Å². The first kappa shape index (κ1) is 13.9. The Hall–Kier alpha value is -1.17. The van der Waals surface area contributed by atoms with Crippen molar-refractivity contribution in [2.45, 2.75) is 26.3 Å². The van der Waals surface area contributed by atoms with Gasteiger partial charge in [-0.25, -0.2) is 9.18 Å². The van der Waals surface area contributed by atoms with Crippen LogP contribution in [0.2, 0.25) is 0 Å². The first-order valence-electron chi connectivity index (χ1n) is 5.18. The van der Waals surface area contributed by atoms with E-state index >= 15 is 0 Å². The van der Waals surface area contributed by atoms with E-state index < -0.39 is 23.4 Å². The van der Waals surface area contributed by atoms with Gasteiger partial charge in [-0.1, -0.05) is 20.3 Å². The number of nitrogens with zero attached hydrogens (tertiary/aromatic N) is 1. The van der Waals surface area contributed by atoms with Crippen LogP contribution in [0.25, 0.3) is 0 Å². The highest BCUT2D eigenvalue weighted by Crippen LogP contribution is 2.21. The number of aliphatic carboxylic acids is 1. The van der Waals surface area contributed by atoms with Gasteiger partial charge in [0.2, 0.25) is 0 Å². The number of hydrogen-bond acceptors (Lipinski definition) is 2. The lowest BCUT2D eigenvalue weighted by atomic mass is 9.99. The molecule has 0 saturated carbocycles. The first-order valence-corrected chi connectivity index (χ1v) is 5.97. The number of aromatic nitrogens is 1. The van der Waals surface area contributed by atoms with Crippen LogP contribution in [-0.2, 0) is 4.79 Å². The van der Waals surface area contributed by atoms with E-state index in [1.54, 1.807) is 6.92 Å². The second kappa shape index (κ2) is 5.44. The fourth-order valence-electron chi connectivity index (χ4n) is 1.60. The molecule has 0 bridgehead atoms. The van der Waals surface area contributed by atoms with Gasteiger partial charge in [-0.15, -0.1) is 0 Å². The van der Waals surface area contributed by atoms with Crippen molar-refractivity contribution >= 4 is 21.9 Å². The third-order valence-electron chi connectivity index (χ3n) is 2.70. The molecule has 0 aromatic carbocycles. The summed E-state index contributed by atoms with van der Waals surface area (Å²) in [5.74, 6) is -2.37. The van der Waals surface area contributed by atoms with Gasteiger partial charge in [-0.05, 0) is 27.9 Å². The maximum absolute atomic E-state index is 13.3. The van der Waals surface area contributed by atoms with E-state index in [-0.39, 0.29) is 5.92 Å². The molecule has 0 fully saturated rings. The van der Waals surface area contributed by atoms with Crippen LogP contribution in [0.1, 0.15) is 26.3 Å². The molecule has 0 aliphatic heterocycles. The fraction of sp³-hybridized carbons (Fsp3) is 0.455. The molecule has 0 aliphatic carbocycles. The molecular weight excluding hydrogens is 293 g/mol. The lowest BCUT2D eigenvalue weighted by Crippen LogP contribution is -2.34. The molecule has 0 amide bonds. The predicted octanol–water partition coefficient (Wildman–Crippen LogP) is 2.42. The average Bonchev–Trinajstić information content (AvgIpc) is 2.24. The quantitative estimate of drug-likeness (QED) is 0.929. The maximum atomic E-state index is 13.3. The van der Waals surface area contributed by atoms with Gasteiger partial charge < -0.3 is 5.11 Å². The van der Waals surface area contributed by atoms with Gasteiger partial charge in [-0.3, -0.25) is 9.36 Å². The largest absolute Gasteiger partial charge is 0.480 e. The molecule has 6 heteroatoms. The van der Waals surface area contributed by atoms with Crippen LogP contribution in [0, 0.1) is 11.7 Å². The number of halogens is 2. The molecule has 94 valence electrons. The first-order chi connectivity index (χ1) is 7.88. The van der Waals surface area contributed by atoms with Gasteiger partial charge in [0.05, 0.1) is 0 Å². The van der Waals surface area contributed by atoms with Gasteiger partial charge in [0, 0.05) is 10.7 Å². The highest BCUT2D eigenvalue weighted by molar-refractivity contribution is 9.10. The number of pyridine rings is 1. The Morgan fingerprint density at radius 1 is 1.65 bits per heavy atom. The van der Waals surface area contributed by atoms with Crippen LogP contribution < -0.4 is 5.56 Å². The topological polar surface area (TPSA) is 59.3 Å². The zero-order valence-corrected chi connectivity index (χ0v) is 11.1. The van der Waals surface area contributed by atoms with Crippen molar-refractivity contribution in [3.05, 3.63) is 32.9 Å². The van der Waals surface area contributed by atoms with Crippen LogP contribution in [0.3, 0.4) is 0 Å². The number of carboxylic acids is 1. The highest BCUT2D eigenvalue weighted by atomic mass is 79.9. The van der Waals surface area contributed by atoms with Crippen molar-refractivity contribution in [2.75, 3.05) is 0 Å². The lowest BCUT2D eigenvalue weighted by Gasteiger charge is -2.21. The lowest BCUT2D eigenvalue weighted by molar-refractivity contribution is -0.142. The minimum Gasteiger partial charge on any atom is -0.480 e. The fourth-order valence-corrected chi connectivity index (χ4v) is 2.02. The summed E-state index contributed by atoms with van der Waals surface area (Å²) >= 11 is 3.04. The summed E-state index contributed by atoms with van der Waals surface area (Å²) in [7, 11) is 0. The number of hydrogen-bond donors (Lipinski definition) is 1. The zero-order valence-electron chi connectivity index (χ0n) is 9.48. The molecule has 4 nitrogen and oxygen atoms in total. The van der Waals surface area contributed by atoms with E-state index in [0.29, 0.717) is 10.9 Å². The molecule has 0 radical (unpaired) electrons. The van der Waals surface area contributed by atoms with Crippen molar-refractivity contribution in [2.24, 2.45) is 5.92 Å². The Balaban J connectivity index is 3.38. The van der Waals surface area contributed by atoms with E-state index in [1.807, 2.05) is 6.92 Å². The van der Waals surface area contributed by atoms with Crippen LogP contribution in [0.15, 0.2) is 21.5 Å². The van der Waals surface area contributed by atoms with Crippen molar-refractivity contribution < 1.29 is 14.3 Å². The molecule has 1 N–H and O–H groups in total. The minimum atomic E-state index is -1.14. The standard InChI is InChI=1S/C11H13BrFNO3/c1-3-6(2)9(11(16)17)14-5-7(12)4-8(13)10(14)15/h4-6,9H,3H2,1-2H3,(H,16,17). The Labute approximate surface area is 106 Å². The van der Waals surface area contributed by atoms with Gasteiger partial charge in [-0.2, -0.15) is 0 Å². The molecule has 0 spiro atoms. The summed E-state index contributed by atoms with van der Waals surface area (Å²) in [5.41, 5.74) is -0.916. The molecule has 2 unspecified atom stereocenters. The summed E-state index contributed by atoms with van der Waals surface area (Å²) < 4.78 is 14.5. The molecule has 1 aromatic heterocycles. The SMILES string of the molecule is CCC(C)C(C(=O)O)n1cc(Br)cc(F)c1=O. The number of carboxylic acid groups (broad SMARTS) is 1. The Bertz CT molecular complexity index is 486. The predicted molar refractivity (Wildman–Crippen MR) is 64.5 cm³/mol. The monoisotopic (exact) mass is 305 g/mol. The second-order valence-electron chi connectivity index (χ2n) is 3.89. The summed E-state index contributed by atoms with van der Waals surface area (Å²) in [6.45, 7) is 3.53. The normalized spacial score (nSPS) is 14.4. The molecule has 2 atom stereocenters. The van der Waals surface area contributed by atoms with Crippen molar-refractivity contribution in [3.8, 4) is 0 Å². The molecular formula is C11H13BrFNO3. The van der Waals surface area contributed by atoms with Crippen LogP contribution in [-0.4, -0.2) is 15.6 Å². The molecule has 1 rings (SSSR count). The molecule has 0 aliphatic rings. The Kier molecular flexibility index (Phi) is 4.45. The average molecular weight is 306 g/mol. The number of rotatable bonds is 4. The third-order valence-corrected chi connectivity index (χ3v) is 3.14. The number of carbonyl (C=O) groups is 1. The summed E-state index contributed by atoms with van der Waals surface area (Å²) in [6.07, 6.45) is 1.88. The van der Waals surface area contributed by atoms with Crippen LogP contribution >= 0.6 is 15.9 Å². The van der Waals surface area contributed by atoms with E-state index in [2.05, 4.69) is 15.9 Å². The van der Waals surface area contributed by atoms with Crippen LogP contribution in [0.4, 0.5) is 4.39 Å². The Morgan fingerprint density at radius 2 is 2.24 bits per heavy atom. The van der Waals surface area contributed by atoms with Gasteiger partial charge >= 0.3 is 5.97 Å². The van der Waals surface area contributed by atoms with Gasteiger partial charge in [0.1, 0.15) is 6.04 Å². The van der Waals surface area contributed by atoms with Crippen molar-refractivity contribution in [1.82, 2.24) is 4.57 Å². The van der Waals surface area contributed by atoms with Crippen LogP contribution in [0.5, 0.6) is 0 Å². The Morgan fingerprint density at radius 3 is 2.71 bits per heavy atom. The van der Waals surface area contributed by atoms with E-state index in [0.717, 1.165) is 10.6 Å². The maximum Gasteiger partial charge on any atom is 0.327 e. The third kappa shape index (κ3) is 2.94. The smallest absolute Gasteiger partial charge is 0.327 e. The van der Waals surface area contributed by atoms with Crippen molar-refractivity contribution in [3.63, 3.8) is 0 Å². The van der Waals surface area contributed by atoms with E-state index in [1.165, 1.54) is 6.20 Å². The second-order valence-corrected chi connectivity index (χ2v) is 4.80. The summed E-state index contributed by atoms with van der Waals surface area (Å²) in [4.78, 5) is 22.8. The zero-order chi connectivity index (χ0) is 13.2. The molecule has 1 heterocycles. The van der Waals surface area contributed by atoms with Crippen molar-refractivity contribution in [1.29, 1.82) is 0 Å². The molecule has 17 heavy (non-hydrogen) atoms. The molecule has 1 aromatic rings. The van der Waals surface area contributed by atoms with E-state index in [9.17, 15) is 14.0 Å². The highest BCUT2D eigenvalue weighted by Gasteiger charge is 2.27.